The van der Waals surface area contributed by atoms with Gasteiger partial charge in [0.25, 0.3) is 0 Å². The molecular weight excluding hydrogens is 298 g/mol. The topological polar surface area (TPSA) is 79.2 Å². The molecule has 1 saturated heterocycles. The highest BCUT2D eigenvalue weighted by atomic mass is 16.5. The van der Waals surface area contributed by atoms with Crippen molar-refractivity contribution >= 4 is 5.97 Å². The normalized spacial score (nSPS) is 36.8. The van der Waals surface area contributed by atoms with Gasteiger partial charge in [-0.15, -0.1) is 0 Å². The third kappa shape index (κ3) is 6.75. The second-order valence-corrected chi connectivity index (χ2v) is 6.75. The Labute approximate surface area is 139 Å². The Morgan fingerprint density at radius 1 is 1.17 bits per heavy atom. The molecular formula is C17H33NO5. The predicted molar refractivity (Wildman–Crippen MR) is 88.1 cm³/mol. The summed E-state index contributed by atoms with van der Waals surface area (Å²) in [4.78, 5) is 14.1. The number of carbonyl (C=O) groups is 1. The molecule has 0 aromatic carbocycles. The van der Waals surface area contributed by atoms with Gasteiger partial charge in [0.2, 0.25) is 0 Å². The Hall–Kier alpha value is -0.690. The predicted octanol–water partition coefficient (Wildman–Crippen LogP) is 1.19. The maximum Gasteiger partial charge on any atom is 0.308 e. The Morgan fingerprint density at radius 3 is 2.48 bits per heavy atom. The summed E-state index contributed by atoms with van der Waals surface area (Å²) >= 11 is 0. The summed E-state index contributed by atoms with van der Waals surface area (Å²) in [5, 5.41) is 20.3. The number of cyclic esters (lactones) is 1. The number of hydrogen-bond acceptors (Lipinski definition) is 6. The zero-order valence-corrected chi connectivity index (χ0v) is 14.9. The van der Waals surface area contributed by atoms with Gasteiger partial charge in [0, 0.05) is 13.2 Å². The van der Waals surface area contributed by atoms with Crippen molar-refractivity contribution in [1.82, 2.24) is 4.90 Å². The van der Waals surface area contributed by atoms with Gasteiger partial charge < -0.3 is 24.6 Å². The number of likely N-dealkylation sites (N-methyl/N-ethyl adjacent to an activating group) is 1. The second-order valence-electron chi connectivity index (χ2n) is 6.75. The third-order valence-corrected chi connectivity index (χ3v) is 4.84. The van der Waals surface area contributed by atoms with Crippen molar-refractivity contribution in [2.75, 3.05) is 27.3 Å². The zero-order chi connectivity index (χ0) is 17.4. The molecule has 6 heteroatoms. The molecule has 6 nitrogen and oxygen atoms in total. The van der Waals surface area contributed by atoms with Crippen LogP contribution in [0.25, 0.3) is 0 Å². The molecule has 0 aromatic heterocycles. The number of esters is 1. The van der Waals surface area contributed by atoms with E-state index in [1.54, 1.807) is 7.11 Å². The number of hydrogen-bond donors (Lipinski definition) is 2. The van der Waals surface area contributed by atoms with Crippen LogP contribution in [0, 0.1) is 5.92 Å². The molecule has 0 aromatic rings. The fourth-order valence-corrected chi connectivity index (χ4v) is 3.03. The Balaban J connectivity index is 2.75. The molecule has 0 saturated carbocycles. The average molecular weight is 331 g/mol. The molecule has 1 fully saturated rings. The molecule has 5 atom stereocenters. The Kier molecular flexibility index (Phi) is 9.06. The van der Waals surface area contributed by atoms with E-state index in [9.17, 15) is 15.0 Å². The molecule has 1 aliphatic heterocycles. The SMILES string of the molecule is COC1C(O)COC(=O)[C@H](C)CCCC(O)CCCN(C)[C@@H]1C. The van der Waals surface area contributed by atoms with E-state index < -0.39 is 12.2 Å². The van der Waals surface area contributed by atoms with E-state index in [0.29, 0.717) is 12.8 Å². The lowest BCUT2D eigenvalue weighted by Crippen LogP contribution is -2.48. The van der Waals surface area contributed by atoms with Gasteiger partial charge in [-0.2, -0.15) is 0 Å². The van der Waals surface area contributed by atoms with Crippen molar-refractivity contribution in [1.29, 1.82) is 0 Å². The molecule has 0 spiro atoms. The highest BCUT2D eigenvalue weighted by molar-refractivity contribution is 5.71. The van der Waals surface area contributed by atoms with E-state index in [4.69, 9.17) is 9.47 Å². The molecule has 23 heavy (non-hydrogen) atoms. The number of aliphatic hydroxyl groups is 2. The van der Waals surface area contributed by atoms with Crippen LogP contribution in [0.4, 0.5) is 0 Å². The summed E-state index contributed by atoms with van der Waals surface area (Å²) in [5.41, 5.74) is 0. The van der Waals surface area contributed by atoms with Crippen LogP contribution in [0.2, 0.25) is 0 Å². The minimum Gasteiger partial charge on any atom is -0.463 e. The smallest absolute Gasteiger partial charge is 0.308 e. The number of aliphatic hydroxyl groups excluding tert-OH is 2. The summed E-state index contributed by atoms with van der Waals surface area (Å²) in [6, 6.07) is -0.0200. The molecule has 3 unspecified atom stereocenters. The number of nitrogens with zero attached hydrogens (tertiary/aromatic N) is 1. The van der Waals surface area contributed by atoms with Crippen molar-refractivity contribution in [2.45, 2.75) is 70.3 Å². The Bertz CT molecular complexity index is 352. The van der Waals surface area contributed by atoms with Gasteiger partial charge in [0.1, 0.15) is 18.8 Å². The van der Waals surface area contributed by atoms with Crippen LogP contribution < -0.4 is 0 Å². The summed E-state index contributed by atoms with van der Waals surface area (Å²) in [5.74, 6) is -0.523. The first-order valence-corrected chi connectivity index (χ1v) is 8.62. The summed E-state index contributed by atoms with van der Waals surface area (Å²) < 4.78 is 10.7. The third-order valence-electron chi connectivity index (χ3n) is 4.84. The molecule has 1 rings (SSSR count). The summed E-state index contributed by atoms with van der Waals surface area (Å²) in [6.45, 7) is 4.57. The van der Waals surface area contributed by atoms with Gasteiger partial charge >= 0.3 is 5.97 Å². The molecule has 1 heterocycles. The van der Waals surface area contributed by atoms with Gasteiger partial charge in [0.05, 0.1) is 12.0 Å². The van der Waals surface area contributed by atoms with E-state index >= 15 is 0 Å². The average Bonchev–Trinajstić information content (AvgIpc) is 2.52. The van der Waals surface area contributed by atoms with Crippen LogP contribution in [0.1, 0.15) is 46.0 Å². The first-order valence-electron chi connectivity index (χ1n) is 8.62. The van der Waals surface area contributed by atoms with Crippen LogP contribution in [-0.2, 0) is 14.3 Å². The van der Waals surface area contributed by atoms with Crippen molar-refractivity contribution in [3.63, 3.8) is 0 Å². The molecule has 2 N–H and O–H groups in total. The van der Waals surface area contributed by atoms with Gasteiger partial charge in [-0.05, 0) is 46.2 Å². The number of rotatable bonds is 1. The van der Waals surface area contributed by atoms with Crippen LogP contribution in [0.15, 0.2) is 0 Å². The van der Waals surface area contributed by atoms with Crippen molar-refractivity contribution in [3.8, 4) is 0 Å². The molecule has 136 valence electrons. The lowest BCUT2D eigenvalue weighted by molar-refractivity contribution is -0.155. The largest absolute Gasteiger partial charge is 0.463 e. The van der Waals surface area contributed by atoms with Gasteiger partial charge in [0.15, 0.2) is 0 Å². The van der Waals surface area contributed by atoms with Crippen molar-refractivity contribution in [3.05, 3.63) is 0 Å². The molecule has 0 bridgehead atoms. The number of ether oxygens (including phenoxy) is 2. The lowest BCUT2D eigenvalue weighted by Gasteiger charge is -2.33. The fourth-order valence-electron chi connectivity index (χ4n) is 3.03. The number of methoxy groups -OCH3 is 1. The van der Waals surface area contributed by atoms with Crippen LogP contribution in [0.3, 0.4) is 0 Å². The summed E-state index contributed by atoms with van der Waals surface area (Å²) in [6.07, 6.45) is 2.22. The molecule has 0 aliphatic carbocycles. The lowest BCUT2D eigenvalue weighted by atomic mass is 10.0. The maximum absolute atomic E-state index is 12.0. The van der Waals surface area contributed by atoms with E-state index in [-0.39, 0.29) is 30.6 Å². The van der Waals surface area contributed by atoms with Gasteiger partial charge in [-0.3, -0.25) is 4.79 Å². The van der Waals surface area contributed by atoms with Crippen LogP contribution in [-0.4, -0.2) is 72.7 Å². The van der Waals surface area contributed by atoms with Gasteiger partial charge in [-0.1, -0.05) is 13.3 Å². The van der Waals surface area contributed by atoms with Crippen molar-refractivity contribution in [2.24, 2.45) is 5.92 Å². The highest BCUT2D eigenvalue weighted by Gasteiger charge is 2.29. The molecule has 0 radical (unpaired) electrons. The molecule has 0 amide bonds. The van der Waals surface area contributed by atoms with Gasteiger partial charge in [-0.25, -0.2) is 0 Å². The van der Waals surface area contributed by atoms with Crippen molar-refractivity contribution < 1.29 is 24.5 Å². The fraction of sp³-hybridized carbons (Fsp3) is 0.941. The zero-order valence-electron chi connectivity index (χ0n) is 14.9. The maximum atomic E-state index is 12.0. The standard InChI is InChI=1S/C17H33NO5/c1-12-7-5-8-14(19)9-6-10-18(3)13(2)16(22-4)15(20)11-23-17(12)21/h12-16,19-20H,5-11H2,1-4H3/t12-,13-,14?,15?,16?/m1/s1. The minimum absolute atomic E-state index is 0.0200. The van der Waals surface area contributed by atoms with E-state index in [1.807, 2.05) is 20.9 Å². The van der Waals surface area contributed by atoms with Crippen LogP contribution in [0.5, 0.6) is 0 Å². The van der Waals surface area contributed by atoms with Crippen LogP contribution >= 0.6 is 0 Å². The Morgan fingerprint density at radius 2 is 1.83 bits per heavy atom. The minimum atomic E-state index is -0.857. The summed E-state index contributed by atoms with van der Waals surface area (Å²) in [7, 11) is 3.53. The highest BCUT2D eigenvalue weighted by Crippen LogP contribution is 2.17. The quantitative estimate of drug-likeness (QED) is 0.703. The van der Waals surface area contributed by atoms with E-state index in [1.165, 1.54) is 0 Å². The monoisotopic (exact) mass is 331 g/mol. The molecule has 1 aliphatic rings. The van der Waals surface area contributed by atoms with E-state index in [2.05, 4.69) is 4.90 Å². The first-order chi connectivity index (χ1) is 10.9. The second kappa shape index (κ2) is 10.2. The first kappa shape index (κ1) is 20.4. The number of carbonyl (C=O) groups excluding carboxylic acids is 1. The van der Waals surface area contributed by atoms with E-state index in [0.717, 1.165) is 25.8 Å².